The zero-order valence-electron chi connectivity index (χ0n) is 19.8. The second kappa shape index (κ2) is 11.5. The lowest BCUT2D eigenvalue weighted by molar-refractivity contribution is -0.151. The van der Waals surface area contributed by atoms with Gasteiger partial charge >= 0.3 is 5.97 Å². The molecule has 1 heterocycles. The molecule has 0 spiro atoms. The number of benzene rings is 2. The van der Waals surface area contributed by atoms with Gasteiger partial charge in [0.25, 0.3) is 0 Å². The van der Waals surface area contributed by atoms with Crippen LogP contribution in [0.1, 0.15) is 30.9 Å². The van der Waals surface area contributed by atoms with Crippen LogP contribution >= 0.6 is 0 Å². The molecule has 0 aliphatic carbocycles. The molecule has 2 aromatic carbocycles. The molecule has 1 unspecified atom stereocenters. The fourth-order valence-electron chi connectivity index (χ4n) is 4.09. The normalized spacial score (nSPS) is 15.6. The van der Waals surface area contributed by atoms with Gasteiger partial charge in [0, 0.05) is 13.1 Å². The van der Waals surface area contributed by atoms with E-state index in [1.165, 1.54) is 13.2 Å². The molecule has 9 heteroatoms. The quantitative estimate of drug-likeness (QED) is 0.545. The number of hydrogen-bond donors (Lipinski definition) is 1. The highest BCUT2D eigenvalue weighted by Crippen LogP contribution is 2.26. The summed E-state index contributed by atoms with van der Waals surface area (Å²) in [6.45, 7) is 4.60. The zero-order chi connectivity index (χ0) is 24.7. The van der Waals surface area contributed by atoms with Gasteiger partial charge in [0.05, 0.1) is 19.6 Å². The van der Waals surface area contributed by atoms with Crippen molar-refractivity contribution in [1.82, 2.24) is 9.62 Å². The Bertz CT molecular complexity index is 1100. The van der Waals surface area contributed by atoms with E-state index < -0.39 is 16.1 Å². The fraction of sp³-hybridized carbons (Fsp3) is 0.440. The number of nitrogens with zero attached hydrogens (tertiary/aromatic N) is 1. The minimum Gasteiger partial charge on any atom is -0.495 e. The van der Waals surface area contributed by atoms with Crippen molar-refractivity contribution in [3.63, 3.8) is 0 Å². The van der Waals surface area contributed by atoms with Crippen LogP contribution in [0.2, 0.25) is 0 Å². The summed E-state index contributed by atoms with van der Waals surface area (Å²) in [5, 5.41) is 0. The highest BCUT2D eigenvalue weighted by Gasteiger charge is 2.34. The number of hydrogen-bond acceptors (Lipinski definition) is 6. The van der Waals surface area contributed by atoms with Crippen LogP contribution in [-0.4, -0.2) is 58.0 Å². The molecule has 1 fully saturated rings. The first-order valence-electron chi connectivity index (χ1n) is 11.4. The summed E-state index contributed by atoms with van der Waals surface area (Å²) in [5.74, 6) is -0.604. The third kappa shape index (κ3) is 6.36. The van der Waals surface area contributed by atoms with E-state index in [0.717, 1.165) is 11.1 Å². The molecule has 1 amide bonds. The maximum absolute atomic E-state index is 13.5. The first-order chi connectivity index (χ1) is 16.2. The number of methoxy groups -OCH3 is 1. The van der Waals surface area contributed by atoms with Gasteiger partial charge in [-0.1, -0.05) is 36.4 Å². The van der Waals surface area contributed by atoms with Crippen molar-refractivity contribution in [2.75, 3.05) is 26.8 Å². The van der Waals surface area contributed by atoms with E-state index in [1.807, 2.05) is 30.3 Å². The van der Waals surface area contributed by atoms with Gasteiger partial charge in [-0.25, -0.2) is 8.42 Å². The van der Waals surface area contributed by atoms with E-state index in [2.05, 4.69) is 4.72 Å². The predicted molar refractivity (Wildman–Crippen MR) is 128 cm³/mol. The van der Waals surface area contributed by atoms with E-state index in [-0.39, 0.29) is 34.9 Å². The van der Waals surface area contributed by atoms with Crippen LogP contribution in [0.3, 0.4) is 0 Å². The van der Waals surface area contributed by atoms with Crippen LogP contribution in [0.5, 0.6) is 5.75 Å². The van der Waals surface area contributed by atoms with Crippen LogP contribution in [0.25, 0.3) is 0 Å². The third-order valence-corrected chi connectivity index (χ3v) is 7.41. The Hall–Kier alpha value is -2.91. The van der Waals surface area contributed by atoms with Gasteiger partial charge in [0.1, 0.15) is 16.7 Å². The minimum atomic E-state index is -4.06. The van der Waals surface area contributed by atoms with Gasteiger partial charge in [-0.3, -0.25) is 9.59 Å². The summed E-state index contributed by atoms with van der Waals surface area (Å²) in [5.41, 5.74) is 1.59. The maximum Gasteiger partial charge on any atom is 0.309 e. The number of sulfonamides is 1. The number of piperidine rings is 1. The van der Waals surface area contributed by atoms with Crippen molar-refractivity contribution in [3.05, 3.63) is 59.7 Å². The third-order valence-electron chi connectivity index (χ3n) is 5.91. The number of likely N-dealkylation sites (tertiary alicyclic amines) is 1. The first kappa shape index (κ1) is 25.7. The highest BCUT2D eigenvalue weighted by molar-refractivity contribution is 7.89. The first-order valence-corrected chi connectivity index (χ1v) is 12.9. The molecule has 1 aliphatic heterocycles. The predicted octanol–water partition coefficient (Wildman–Crippen LogP) is 2.69. The van der Waals surface area contributed by atoms with Crippen molar-refractivity contribution >= 4 is 21.9 Å². The molecule has 1 aliphatic rings. The number of nitrogens with one attached hydrogen (secondary N) is 1. The minimum absolute atomic E-state index is 0.0121. The van der Waals surface area contributed by atoms with Gasteiger partial charge in [0.15, 0.2) is 0 Å². The molecule has 8 nitrogen and oxygen atoms in total. The molecule has 2 aromatic rings. The SMILES string of the molecule is CCOC(=O)C1CCN(C(=O)C(Cc2ccccc2)NS(=O)(=O)c2cc(C)ccc2OC)CC1. The fourth-order valence-corrected chi connectivity index (χ4v) is 5.53. The Balaban J connectivity index is 1.83. The highest BCUT2D eigenvalue weighted by atomic mass is 32.2. The molecule has 184 valence electrons. The Morgan fingerprint density at radius 3 is 2.41 bits per heavy atom. The van der Waals surface area contributed by atoms with Crippen LogP contribution in [-0.2, 0) is 30.8 Å². The van der Waals surface area contributed by atoms with E-state index >= 15 is 0 Å². The summed E-state index contributed by atoms with van der Waals surface area (Å²) in [6, 6.07) is 13.1. The van der Waals surface area contributed by atoms with Crippen LogP contribution < -0.4 is 9.46 Å². The number of rotatable bonds is 9. The second-order valence-electron chi connectivity index (χ2n) is 8.37. The van der Waals surface area contributed by atoms with Crippen molar-refractivity contribution in [2.45, 2.75) is 44.0 Å². The monoisotopic (exact) mass is 488 g/mol. The Labute approximate surface area is 201 Å². The topological polar surface area (TPSA) is 102 Å². The smallest absolute Gasteiger partial charge is 0.309 e. The van der Waals surface area contributed by atoms with Gasteiger partial charge in [0.2, 0.25) is 15.9 Å². The van der Waals surface area contributed by atoms with Crippen molar-refractivity contribution in [3.8, 4) is 5.75 Å². The summed E-state index contributed by atoms with van der Waals surface area (Å²) >= 11 is 0. The Kier molecular flexibility index (Phi) is 8.68. The molecule has 0 aromatic heterocycles. The van der Waals surface area contributed by atoms with Crippen molar-refractivity contribution in [1.29, 1.82) is 0 Å². The average molecular weight is 489 g/mol. The number of ether oxygens (including phenoxy) is 2. The lowest BCUT2D eigenvalue weighted by Crippen LogP contribution is -2.52. The summed E-state index contributed by atoms with van der Waals surface area (Å²) < 4.78 is 39.7. The summed E-state index contributed by atoms with van der Waals surface area (Å²) in [6.07, 6.45) is 1.17. The number of carbonyl (C=O) groups excluding carboxylic acids is 2. The van der Waals surface area contributed by atoms with Gasteiger partial charge in [-0.2, -0.15) is 4.72 Å². The van der Waals surface area contributed by atoms with Gasteiger partial charge < -0.3 is 14.4 Å². The largest absolute Gasteiger partial charge is 0.495 e. The zero-order valence-corrected chi connectivity index (χ0v) is 20.6. The Morgan fingerprint density at radius 1 is 1.12 bits per heavy atom. The van der Waals surface area contributed by atoms with E-state index in [1.54, 1.807) is 30.9 Å². The molecule has 3 rings (SSSR count). The maximum atomic E-state index is 13.5. The number of aryl methyl sites for hydroxylation is 1. The van der Waals surface area contributed by atoms with Crippen LogP contribution in [0, 0.1) is 12.8 Å². The molecule has 1 atom stereocenters. The summed E-state index contributed by atoms with van der Waals surface area (Å²) in [4.78, 5) is 27.2. The lowest BCUT2D eigenvalue weighted by Gasteiger charge is -2.33. The molecule has 1 saturated heterocycles. The van der Waals surface area contributed by atoms with Crippen LogP contribution in [0.15, 0.2) is 53.4 Å². The second-order valence-corrected chi connectivity index (χ2v) is 10.1. The molecule has 0 bridgehead atoms. The lowest BCUT2D eigenvalue weighted by atomic mass is 9.96. The summed E-state index contributed by atoms with van der Waals surface area (Å²) in [7, 11) is -2.65. The molecule has 1 N–H and O–H groups in total. The van der Waals surface area contributed by atoms with E-state index in [4.69, 9.17) is 9.47 Å². The molecular formula is C25H32N2O6S. The number of esters is 1. The standard InChI is InChI=1S/C25H32N2O6S/c1-4-33-25(29)20-12-14-27(15-13-20)24(28)21(17-19-8-6-5-7-9-19)26-34(30,31)23-16-18(2)10-11-22(23)32-3/h5-11,16,20-21,26H,4,12-15,17H2,1-3H3. The number of amides is 1. The number of carbonyl (C=O) groups is 2. The molecule has 0 radical (unpaired) electrons. The van der Waals surface area contributed by atoms with Crippen molar-refractivity contribution < 1.29 is 27.5 Å². The van der Waals surface area contributed by atoms with Crippen LogP contribution in [0.4, 0.5) is 0 Å². The molecule has 0 saturated carbocycles. The van der Waals surface area contributed by atoms with Gasteiger partial charge in [-0.05, 0) is 56.4 Å². The molecule has 34 heavy (non-hydrogen) atoms. The molecular weight excluding hydrogens is 456 g/mol. The van der Waals surface area contributed by atoms with E-state index in [0.29, 0.717) is 32.5 Å². The average Bonchev–Trinajstić information content (AvgIpc) is 2.84. The van der Waals surface area contributed by atoms with E-state index in [9.17, 15) is 18.0 Å². The van der Waals surface area contributed by atoms with Crippen molar-refractivity contribution in [2.24, 2.45) is 5.92 Å². The Morgan fingerprint density at radius 2 is 1.79 bits per heavy atom. The van der Waals surface area contributed by atoms with Gasteiger partial charge in [-0.15, -0.1) is 0 Å².